The molecule has 19 heavy (non-hydrogen) atoms. The Morgan fingerprint density at radius 2 is 2.05 bits per heavy atom. The predicted octanol–water partition coefficient (Wildman–Crippen LogP) is 3.95. The zero-order chi connectivity index (χ0) is 14.1. The molecule has 0 aromatic carbocycles. The predicted molar refractivity (Wildman–Crippen MR) is 75.1 cm³/mol. The second kappa shape index (κ2) is 8.42. The Labute approximate surface area is 115 Å². The molecule has 0 bridgehead atoms. The van der Waals surface area contributed by atoms with E-state index in [0.29, 0.717) is 16.9 Å². The summed E-state index contributed by atoms with van der Waals surface area (Å²) in [5, 5.41) is 0. The highest BCUT2D eigenvalue weighted by Crippen LogP contribution is 2.20. The van der Waals surface area contributed by atoms with Gasteiger partial charge in [0.05, 0.1) is 12.7 Å². The van der Waals surface area contributed by atoms with Gasteiger partial charge in [-0.05, 0) is 12.8 Å². The lowest BCUT2D eigenvalue weighted by molar-refractivity contribution is 0.0598. The van der Waals surface area contributed by atoms with E-state index < -0.39 is 0 Å². The summed E-state index contributed by atoms with van der Waals surface area (Å²) in [7, 11) is 1.38. The van der Waals surface area contributed by atoms with E-state index in [0.717, 1.165) is 38.5 Å². The first kappa shape index (κ1) is 15.4. The molecule has 1 aromatic rings. The van der Waals surface area contributed by atoms with Crippen molar-refractivity contribution < 1.29 is 13.9 Å². The number of unbranched alkanes of at least 4 members (excludes halogenated alkanes) is 3. The number of carbonyl (C=O) groups excluding carboxylic acids is 1. The topological polar surface area (TPSA) is 39.4 Å². The molecule has 0 radical (unpaired) electrons. The van der Waals surface area contributed by atoms with Gasteiger partial charge in [-0.3, -0.25) is 0 Å². The molecule has 1 aromatic heterocycles. The zero-order valence-corrected chi connectivity index (χ0v) is 12.0. The first-order chi connectivity index (χ1) is 9.24. The summed E-state index contributed by atoms with van der Waals surface area (Å²) < 4.78 is 10.3. The van der Waals surface area contributed by atoms with Crippen LogP contribution in [0.2, 0.25) is 0 Å². The number of rotatable bonds is 6. The van der Waals surface area contributed by atoms with Crippen molar-refractivity contribution in [2.75, 3.05) is 7.11 Å². The Balaban J connectivity index is 2.92. The molecule has 104 valence electrons. The molecule has 0 atom stereocenters. The molecule has 3 heteroatoms. The van der Waals surface area contributed by atoms with Crippen molar-refractivity contribution in [3.05, 3.63) is 23.2 Å². The van der Waals surface area contributed by atoms with E-state index in [1.54, 1.807) is 6.26 Å². The van der Waals surface area contributed by atoms with Crippen LogP contribution < -0.4 is 0 Å². The molecule has 0 amide bonds. The third kappa shape index (κ3) is 4.48. The lowest BCUT2D eigenvalue weighted by atomic mass is 10.1. The number of hydrogen-bond acceptors (Lipinski definition) is 3. The Morgan fingerprint density at radius 3 is 2.68 bits per heavy atom. The summed E-state index contributed by atoms with van der Waals surface area (Å²) in [4.78, 5) is 11.8. The van der Waals surface area contributed by atoms with Gasteiger partial charge in [-0.1, -0.05) is 38.5 Å². The van der Waals surface area contributed by atoms with Crippen LogP contribution in [-0.4, -0.2) is 13.1 Å². The largest absolute Gasteiger partial charge is 0.467 e. The first-order valence-electron chi connectivity index (χ1n) is 6.92. The Bertz CT molecular complexity index is 460. The minimum Gasteiger partial charge on any atom is -0.467 e. The average Bonchev–Trinajstić information content (AvgIpc) is 2.83. The quantitative estimate of drug-likeness (QED) is 0.442. The molecule has 0 saturated heterocycles. The van der Waals surface area contributed by atoms with Crippen LogP contribution in [0, 0.1) is 11.8 Å². The first-order valence-corrected chi connectivity index (χ1v) is 6.92. The lowest BCUT2D eigenvalue weighted by Gasteiger charge is -2.00. The van der Waals surface area contributed by atoms with Gasteiger partial charge in [0.25, 0.3) is 0 Å². The molecule has 0 fully saturated rings. The maximum Gasteiger partial charge on any atom is 0.342 e. The zero-order valence-electron chi connectivity index (χ0n) is 12.0. The SMILES string of the molecule is CCCCC#Cc1coc(CCCC)c1C(=O)OC. The van der Waals surface area contributed by atoms with Crippen molar-refractivity contribution >= 4 is 5.97 Å². The molecule has 0 spiro atoms. The van der Waals surface area contributed by atoms with E-state index in [9.17, 15) is 4.79 Å². The number of furan rings is 1. The number of ether oxygens (including phenoxy) is 1. The minimum atomic E-state index is -0.361. The highest BCUT2D eigenvalue weighted by Gasteiger charge is 2.20. The fourth-order valence-corrected chi connectivity index (χ4v) is 1.76. The number of aryl methyl sites for hydroxylation is 1. The van der Waals surface area contributed by atoms with Crippen molar-refractivity contribution in [1.29, 1.82) is 0 Å². The second-order valence-electron chi connectivity index (χ2n) is 4.45. The van der Waals surface area contributed by atoms with Crippen molar-refractivity contribution in [2.45, 2.75) is 52.4 Å². The molecule has 1 heterocycles. The number of carbonyl (C=O) groups is 1. The van der Waals surface area contributed by atoms with Crippen LogP contribution in [0.1, 0.15) is 67.6 Å². The van der Waals surface area contributed by atoms with Crippen molar-refractivity contribution in [3.8, 4) is 11.8 Å². The van der Waals surface area contributed by atoms with E-state index in [1.807, 2.05) is 0 Å². The van der Waals surface area contributed by atoms with Gasteiger partial charge in [0.15, 0.2) is 0 Å². The van der Waals surface area contributed by atoms with Gasteiger partial charge in [0.1, 0.15) is 17.6 Å². The number of hydrogen-bond donors (Lipinski definition) is 0. The van der Waals surface area contributed by atoms with Crippen LogP contribution >= 0.6 is 0 Å². The summed E-state index contributed by atoms with van der Waals surface area (Å²) in [6.07, 6.45) is 7.38. The van der Waals surface area contributed by atoms with Gasteiger partial charge < -0.3 is 9.15 Å². The van der Waals surface area contributed by atoms with Gasteiger partial charge in [-0.25, -0.2) is 4.79 Å². The monoisotopic (exact) mass is 262 g/mol. The Kier molecular flexibility index (Phi) is 6.81. The standard InChI is InChI=1S/C16H22O3/c1-4-6-8-9-10-13-12-19-14(11-7-5-2)15(13)16(17)18-3/h12H,4-8,11H2,1-3H3. The van der Waals surface area contributed by atoms with E-state index in [-0.39, 0.29) is 5.97 Å². The van der Waals surface area contributed by atoms with Crippen LogP contribution in [0.5, 0.6) is 0 Å². The summed E-state index contributed by atoms with van der Waals surface area (Å²) in [6.45, 7) is 4.23. The van der Waals surface area contributed by atoms with Gasteiger partial charge in [-0.15, -0.1) is 0 Å². The van der Waals surface area contributed by atoms with E-state index in [2.05, 4.69) is 25.7 Å². The highest BCUT2D eigenvalue weighted by atomic mass is 16.5. The average molecular weight is 262 g/mol. The molecule has 0 aliphatic rings. The third-order valence-corrected chi connectivity index (χ3v) is 2.89. The van der Waals surface area contributed by atoms with Crippen LogP contribution in [-0.2, 0) is 11.2 Å². The molecule has 3 nitrogen and oxygen atoms in total. The van der Waals surface area contributed by atoms with E-state index >= 15 is 0 Å². The van der Waals surface area contributed by atoms with Crippen LogP contribution in [0.3, 0.4) is 0 Å². The van der Waals surface area contributed by atoms with Gasteiger partial charge in [0.2, 0.25) is 0 Å². The van der Waals surface area contributed by atoms with Gasteiger partial charge in [-0.2, -0.15) is 0 Å². The molecular formula is C16H22O3. The van der Waals surface area contributed by atoms with Crippen LogP contribution in [0.15, 0.2) is 10.7 Å². The summed E-state index contributed by atoms with van der Waals surface area (Å²) in [6, 6.07) is 0. The van der Waals surface area contributed by atoms with Gasteiger partial charge in [0, 0.05) is 12.8 Å². The van der Waals surface area contributed by atoms with Crippen LogP contribution in [0.4, 0.5) is 0 Å². The Morgan fingerprint density at radius 1 is 1.32 bits per heavy atom. The molecule has 0 aliphatic carbocycles. The lowest BCUT2D eigenvalue weighted by Crippen LogP contribution is -2.05. The molecule has 1 rings (SSSR count). The smallest absolute Gasteiger partial charge is 0.342 e. The summed E-state index contributed by atoms with van der Waals surface area (Å²) >= 11 is 0. The van der Waals surface area contributed by atoms with Crippen molar-refractivity contribution in [1.82, 2.24) is 0 Å². The van der Waals surface area contributed by atoms with Crippen molar-refractivity contribution in [2.24, 2.45) is 0 Å². The van der Waals surface area contributed by atoms with E-state index in [4.69, 9.17) is 9.15 Å². The van der Waals surface area contributed by atoms with Crippen LogP contribution in [0.25, 0.3) is 0 Å². The van der Waals surface area contributed by atoms with Gasteiger partial charge >= 0.3 is 5.97 Å². The Hall–Kier alpha value is -1.69. The summed E-state index contributed by atoms with van der Waals surface area (Å²) in [5.74, 6) is 6.42. The van der Waals surface area contributed by atoms with Crippen molar-refractivity contribution in [3.63, 3.8) is 0 Å². The normalized spacial score (nSPS) is 9.84. The molecule has 0 saturated carbocycles. The maximum absolute atomic E-state index is 11.8. The second-order valence-corrected chi connectivity index (χ2v) is 4.45. The maximum atomic E-state index is 11.8. The molecule has 0 unspecified atom stereocenters. The molecule has 0 aliphatic heterocycles. The fraction of sp³-hybridized carbons (Fsp3) is 0.562. The summed E-state index contributed by atoms with van der Waals surface area (Å²) in [5.41, 5.74) is 1.15. The highest BCUT2D eigenvalue weighted by molar-refractivity contribution is 5.93. The molecule has 0 N–H and O–H groups in total. The number of esters is 1. The fourth-order valence-electron chi connectivity index (χ4n) is 1.76. The minimum absolute atomic E-state index is 0.361. The van der Waals surface area contributed by atoms with E-state index in [1.165, 1.54) is 7.11 Å². The number of methoxy groups -OCH3 is 1. The third-order valence-electron chi connectivity index (χ3n) is 2.89. The molecular weight excluding hydrogens is 240 g/mol.